The molecule has 1 saturated carbocycles. The molecule has 0 amide bonds. The lowest BCUT2D eigenvalue weighted by molar-refractivity contribution is -0.254. The largest absolute Gasteiger partial charge is 0.455 e. The molecule has 0 aromatic carbocycles. The summed E-state index contributed by atoms with van der Waals surface area (Å²) in [7, 11) is 0. The second-order valence-electron chi connectivity index (χ2n) is 12.1. The Bertz CT molecular complexity index is 1120. The molecular formula is C34H48O8. The first-order chi connectivity index (χ1) is 19.9. The van der Waals surface area contributed by atoms with E-state index in [-0.39, 0.29) is 11.8 Å². The van der Waals surface area contributed by atoms with E-state index in [1.807, 2.05) is 12.2 Å². The first-order valence-electron chi connectivity index (χ1n) is 15.1. The van der Waals surface area contributed by atoms with Gasteiger partial charge in [0.1, 0.15) is 6.10 Å². The molecule has 0 aromatic rings. The van der Waals surface area contributed by atoms with Gasteiger partial charge in [-0.1, -0.05) is 76.6 Å². The summed E-state index contributed by atoms with van der Waals surface area (Å²) in [5, 5.41) is 11.8. The lowest BCUT2D eigenvalue weighted by Gasteiger charge is -2.60. The summed E-state index contributed by atoms with van der Waals surface area (Å²) in [4.78, 5) is 37.2. The fourth-order valence-corrected chi connectivity index (χ4v) is 7.02. The van der Waals surface area contributed by atoms with Gasteiger partial charge < -0.3 is 19.3 Å². The zero-order valence-electron chi connectivity index (χ0n) is 25.8. The van der Waals surface area contributed by atoms with Gasteiger partial charge in [-0.25, -0.2) is 4.79 Å². The van der Waals surface area contributed by atoms with E-state index < -0.39 is 53.5 Å². The van der Waals surface area contributed by atoms with Crippen LogP contribution in [0.1, 0.15) is 86.0 Å². The van der Waals surface area contributed by atoms with Crippen molar-refractivity contribution in [2.24, 2.45) is 22.7 Å². The minimum atomic E-state index is -1.20. The van der Waals surface area contributed by atoms with Crippen molar-refractivity contribution in [1.29, 1.82) is 0 Å². The Morgan fingerprint density at radius 1 is 1.12 bits per heavy atom. The quantitative estimate of drug-likeness (QED) is 0.0675. The summed E-state index contributed by atoms with van der Waals surface area (Å²) in [5.41, 5.74) is -0.254. The van der Waals surface area contributed by atoms with Crippen molar-refractivity contribution in [2.75, 3.05) is 0 Å². The monoisotopic (exact) mass is 584 g/mol. The fraction of sp³-hybridized carbons (Fsp3) is 0.618. The number of carbonyl (C=O) groups is 3. The summed E-state index contributed by atoms with van der Waals surface area (Å²) in [6.07, 6.45) is 12.9. The maximum absolute atomic E-state index is 12.9. The number of hydrogen-bond donors (Lipinski definition) is 1. The number of hydrogen-bond acceptors (Lipinski definition) is 8. The minimum absolute atomic E-state index is 0.0555. The predicted molar refractivity (Wildman–Crippen MR) is 160 cm³/mol. The Hall–Kier alpha value is -2.97. The van der Waals surface area contributed by atoms with Gasteiger partial charge in [0.2, 0.25) is 12.6 Å². The van der Waals surface area contributed by atoms with Crippen LogP contribution < -0.4 is 0 Å². The average Bonchev–Trinajstić information content (AvgIpc) is 3.21. The SMILES string of the molecule is C=CC(=C)CCC1(C)C(C)CC(O)C23C(=CC(OC(=O)/C=C/C=C/CCCCC)CC12)C(OC(C)=O)OC3OC(C)=O. The standard InChI is InChI=1S/C34H48O8/c1-8-10-11-12-13-14-15-16-30(38)41-26-20-27-31(39-24(5)35)42-32(40-25(6)36)34(27)28(21-26)33(7,18-17-22(3)9-2)23(4)19-29(34)37/h9,13-16,20,23,26,28-29,31-32,37H,2-3,8,10-12,17-19,21H2,1,4-7H3/b14-13+,16-15+. The maximum Gasteiger partial charge on any atom is 0.331 e. The van der Waals surface area contributed by atoms with Gasteiger partial charge in [-0.3, -0.25) is 14.3 Å². The van der Waals surface area contributed by atoms with E-state index in [9.17, 15) is 19.5 Å². The number of carbonyl (C=O) groups excluding carboxylic acids is 3. The van der Waals surface area contributed by atoms with Gasteiger partial charge in [-0.15, -0.1) is 0 Å². The van der Waals surface area contributed by atoms with Crippen molar-refractivity contribution in [1.82, 2.24) is 0 Å². The molecule has 8 nitrogen and oxygen atoms in total. The van der Waals surface area contributed by atoms with Gasteiger partial charge in [-0.05, 0) is 61.9 Å². The summed E-state index contributed by atoms with van der Waals surface area (Å²) in [6.45, 7) is 16.9. The second-order valence-corrected chi connectivity index (χ2v) is 12.1. The highest BCUT2D eigenvalue weighted by Gasteiger charge is 2.71. The maximum atomic E-state index is 12.9. The highest BCUT2D eigenvalue weighted by molar-refractivity contribution is 5.82. The van der Waals surface area contributed by atoms with Crippen LogP contribution in [0.15, 0.2) is 60.8 Å². The molecule has 0 radical (unpaired) electrons. The molecule has 1 heterocycles. The number of esters is 3. The number of aliphatic hydroxyl groups is 1. The van der Waals surface area contributed by atoms with Crippen LogP contribution >= 0.6 is 0 Å². The molecule has 232 valence electrons. The van der Waals surface area contributed by atoms with Crippen molar-refractivity contribution >= 4 is 17.9 Å². The van der Waals surface area contributed by atoms with E-state index in [1.54, 1.807) is 18.2 Å². The van der Waals surface area contributed by atoms with Crippen LogP contribution in [0.5, 0.6) is 0 Å². The van der Waals surface area contributed by atoms with E-state index >= 15 is 0 Å². The smallest absolute Gasteiger partial charge is 0.331 e. The Labute approximate surface area is 250 Å². The minimum Gasteiger partial charge on any atom is -0.455 e. The topological polar surface area (TPSA) is 108 Å². The number of ether oxygens (including phenoxy) is 4. The molecule has 1 saturated heterocycles. The van der Waals surface area contributed by atoms with E-state index in [0.29, 0.717) is 31.3 Å². The van der Waals surface area contributed by atoms with Crippen molar-refractivity contribution in [3.05, 3.63) is 60.8 Å². The number of unbranched alkanes of at least 4 members (excludes halogenated alkanes) is 3. The summed E-state index contributed by atoms with van der Waals surface area (Å²) in [5.74, 6) is -1.97. The molecule has 1 N–H and O–H groups in total. The Morgan fingerprint density at radius 3 is 2.48 bits per heavy atom. The molecule has 8 unspecified atom stereocenters. The first-order valence-corrected chi connectivity index (χ1v) is 15.1. The van der Waals surface area contributed by atoms with Gasteiger partial charge in [0.05, 0.1) is 11.5 Å². The number of rotatable bonds is 13. The lowest BCUT2D eigenvalue weighted by Crippen LogP contribution is -2.63. The average molecular weight is 585 g/mol. The summed E-state index contributed by atoms with van der Waals surface area (Å²) >= 11 is 0. The van der Waals surface area contributed by atoms with Crippen LogP contribution in [0.3, 0.4) is 0 Å². The molecule has 2 aliphatic carbocycles. The molecule has 1 spiro atoms. The molecule has 8 heteroatoms. The van der Waals surface area contributed by atoms with E-state index in [0.717, 1.165) is 24.8 Å². The van der Waals surface area contributed by atoms with Crippen LogP contribution in [0.25, 0.3) is 0 Å². The third-order valence-corrected chi connectivity index (χ3v) is 9.39. The van der Waals surface area contributed by atoms with E-state index in [1.165, 1.54) is 26.3 Å². The number of allylic oxidation sites excluding steroid dienone is 5. The molecule has 3 rings (SSSR count). The molecule has 2 fully saturated rings. The van der Waals surface area contributed by atoms with Crippen molar-refractivity contribution in [3.63, 3.8) is 0 Å². The highest BCUT2D eigenvalue weighted by atomic mass is 16.8. The van der Waals surface area contributed by atoms with E-state index in [2.05, 4.69) is 33.9 Å². The molecule has 0 bridgehead atoms. The zero-order chi connectivity index (χ0) is 31.1. The molecule has 8 atom stereocenters. The molecule has 42 heavy (non-hydrogen) atoms. The highest BCUT2D eigenvalue weighted by Crippen LogP contribution is 2.67. The first kappa shape index (κ1) is 33.5. The fourth-order valence-electron chi connectivity index (χ4n) is 7.02. The Morgan fingerprint density at radius 2 is 1.83 bits per heavy atom. The normalized spacial score (nSPS) is 33.9. The Balaban J connectivity index is 2.03. The van der Waals surface area contributed by atoms with Crippen molar-refractivity contribution in [2.45, 2.75) is 111 Å². The van der Waals surface area contributed by atoms with E-state index in [4.69, 9.17) is 18.9 Å². The molecule has 3 aliphatic rings. The molecular weight excluding hydrogens is 536 g/mol. The summed E-state index contributed by atoms with van der Waals surface area (Å²) in [6, 6.07) is 0. The van der Waals surface area contributed by atoms with Gasteiger partial charge in [-0.2, -0.15) is 0 Å². The van der Waals surface area contributed by atoms with Crippen molar-refractivity contribution < 1.29 is 38.4 Å². The number of aliphatic hydroxyl groups excluding tert-OH is 1. The van der Waals surface area contributed by atoms with Gasteiger partial charge in [0.15, 0.2) is 0 Å². The van der Waals surface area contributed by atoms with Crippen LogP contribution in [0.4, 0.5) is 0 Å². The Kier molecular flexibility index (Phi) is 11.6. The van der Waals surface area contributed by atoms with Gasteiger partial charge >= 0.3 is 17.9 Å². The van der Waals surface area contributed by atoms with Crippen LogP contribution in [-0.4, -0.2) is 47.8 Å². The molecule has 1 aliphatic heterocycles. The molecule has 0 aromatic heterocycles. The van der Waals surface area contributed by atoms with Crippen LogP contribution in [0.2, 0.25) is 0 Å². The lowest BCUT2D eigenvalue weighted by atomic mass is 9.45. The van der Waals surface area contributed by atoms with Crippen LogP contribution in [0, 0.1) is 22.7 Å². The summed E-state index contributed by atoms with van der Waals surface area (Å²) < 4.78 is 23.3. The van der Waals surface area contributed by atoms with Gasteiger partial charge in [0.25, 0.3) is 0 Å². The third-order valence-electron chi connectivity index (χ3n) is 9.39. The predicted octanol–water partition coefficient (Wildman–Crippen LogP) is 6.26. The third kappa shape index (κ3) is 7.14. The van der Waals surface area contributed by atoms with Crippen molar-refractivity contribution in [3.8, 4) is 0 Å². The van der Waals surface area contributed by atoms with Crippen LogP contribution in [-0.2, 0) is 33.3 Å². The second kappa shape index (κ2) is 14.5. The zero-order valence-corrected chi connectivity index (χ0v) is 25.8. The van der Waals surface area contributed by atoms with Gasteiger partial charge in [0, 0.05) is 25.5 Å².